The Hall–Kier alpha value is -2.34. The summed E-state index contributed by atoms with van der Waals surface area (Å²) in [6.45, 7) is 1.54. The Labute approximate surface area is 214 Å². The van der Waals surface area contributed by atoms with Crippen LogP contribution in [0.3, 0.4) is 0 Å². The zero-order chi connectivity index (χ0) is 26.3. The highest BCUT2D eigenvalue weighted by atomic mass is 32.2. The number of hydroxylamine groups is 1. The molecule has 1 saturated heterocycles. The molecule has 2 aliphatic carbocycles. The lowest BCUT2D eigenvalue weighted by atomic mass is 9.97. The van der Waals surface area contributed by atoms with Crippen LogP contribution >= 0.6 is 0 Å². The van der Waals surface area contributed by atoms with Crippen LogP contribution in [-0.2, 0) is 23.7 Å². The first kappa shape index (κ1) is 26.3. The predicted molar refractivity (Wildman–Crippen MR) is 129 cm³/mol. The molecule has 2 saturated carbocycles. The van der Waals surface area contributed by atoms with E-state index < -0.39 is 38.9 Å². The number of halogens is 4. The summed E-state index contributed by atoms with van der Waals surface area (Å²) in [6, 6.07) is 7.93. The molecule has 2 unspecified atom stereocenters. The van der Waals surface area contributed by atoms with Crippen LogP contribution in [0, 0.1) is 11.0 Å². The van der Waals surface area contributed by atoms with Crippen molar-refractivity contribution in [3.8, 4) is 5.75 Å². The molecular formula is C26H28F4N2O4S. The fourth-order valence-electron chi connectivity index (χ4n) is 4.76. The summed E-state index contributed by atoms with van der Waals surface area (Å²) in [7, 11) is -1.92. The number of piperidine rings is 1. The van der Waals surface area contributed by atoms with Crippen LogP contribution in [0.2, 0.25) is 0 Å². The van der Waals surface area contributed by atoms with E-state index in [1.54, 1.807) is 0 Å². The Morgan fingerprint density at radius 1 is 1.08 bits per heavy atom. The summed E-state index contributed by atoms with van der Waals surface area (Å²) in [5.74, 6) is -1.82. The van der Waals surface area contributed by atoms with E-state index in [1.165, 1.54) is 30.3 Å². The number of carbonyl (C=O) groups is 1. The number of ether oxygens (including phenoxy) is 1. The first-order valence-corrected chi connectivity index (χ1v) is 13.7. The number of carbonyl (C=O) groups excluding carboxylic acids is 1. The smallest absolute Gasteiger partial charge is 0.419 e. The van der Waals surface area contributed by atoms with Crippen molar-refractivity contribution < 1.29 is 35.8 Å². The average molecular weight is 541 g/mol. The first-order valence-electron chi connectivity index (χ1n) is 12.5. The number of likely N-dealkylation sites (tertiary alicyclic amines) is 1. The van der Waals surface area contributed by atoms with Crippen molar-refractivity contribution in [2.45, 2.75) is 68.5 Å². The molecule has 2 aromatic carbocycles. The minimum Gasteiger partial charge on any atom is -0.612 e. The summed E-state index contributed by atoms with van der Waals surface area (Å²) in [6.07, 6.45) is -0.736. The van der Waals surface area contributed by atoms with E-state index in [0.717, 1.165) is 30.0 Å². The van der Waals surface area contributed by atoms with Crippen molar-refractivity contribution in [2.24, 2.45) is 0 Å². The van der Waals surface area contributed by atoms with Gasteiger partial charge in [0.1, 0.15) is 23.2 Å². The van der Waals surface area contributed by atoms with Crippen LogP contribution < -0.4 is 9.21 Å². The van der Waals surface area contributed by atoms with Crippen molar-refractivity contribution in [3.05, 3.63) is 69.7 Å². The summed E-state index contributed by atoms with van der Waals surface area (Å²) in [5.41, 5.74) is 0.442. The lowest BCUT2D eigenvalue weighted by Gasteiger charge is -2.33. The number of rotatable bonds is 8. The number of para-hydroxylation sites is 1. The molecule has 0 spiro atoms. The van der Waals surface area contributed by atoms with Crippen molar-refractivity contribution >= 4 is 16.9 Å². The van der Waals surface area contributed by atoms with Crippen LogP contribution in [0.25, 0.3) is 0 Å². The van der Waals surface area contributed by atoms with E-state index in [0.29, 0.717) is 45.3 Å². The molecule has 1 heterocycles. The van der Waals surface area contributed by atoms with E-state index in [-0.39, 0.29) is 28.6 Å². The molecule has 3 fully saturated rings. The largest absolute Gasteiger partial charge is 0.612 e. The predicted octanol–water partition coefficient (Wildman–Crippen LogP) is 4.11. The monoisotopic (exact) mass is 540 g/mol. The molecule has 3 aliphatic rings. The van der Waals surface area contributed by atoms with Crippen LogP contribution in [-0.4, -0.2) is 39.5 Å². The number of alkyl halides is 3. The van der Waals surface area contributed by atoms with Crippen molar-refractivity contribution in [2.75, 3.05) is 13.1 Å². The van der Waals surface area contributed by atoms with Crippen LogP contribution in [0.5, 0.6) is 5.75 Å². The highest BCUT2D eigenvalue weighted by molar-refractivity contribution is 7.79. The summed E-state index contributed by atoms with van der Waals surface area (Å²) < 4.78 is 71.6. The van der Waals surface area contributed by atoms with Gasteiger partial charge < -0.3 is 9.94 Å². The van der Waals surface area contributed by atoms with Crippen LogP contribution in [0.1, 0.15) is 71.5 Å². The zero-order valence-corrected chi connectivity index (χ0v) is 20.9. The van der Waals surface area contributed by atoms with Gasteiger partial charge in [-0.25, -0.2) is 13.7 Å². The first-order chi connectivity index (χ1) is 17.6. The SMILES string of the molecule is O=C(c1cc(C2CC2)c(CN2CCC(Oc3ccccc3C(F)(F)F)CC2)cc1F)[NH+]([O-])S(=O)C1CC1. The van der Waals surface area contributed by atoms with Crippen molar-refractivity contribution in [1.29, 1.82) is 0 Å². The number of quaternary nitrogens is 1. The number of amides is 1. The molecule has 1 amide bonds. The molecule has 0 radical (unpaired) electrons. The molecule has 0 bridgehead atoms. The third-order valence-electron chi connectivity index (χ3n) is 7.10. The highest BCUT2D eigenvalue weighted by Crippen LogP contribution is 2.43. The van der Waals surface area contributed by atoms with E-state index in [9.17, 15) is 31.8 Å². The number of benzene rings is 2. The molecule has 1 N–H and O–H groups in total. The van der Waals surface area contributed by atoms with Gasteiger partial charge in [-0.2, -0.15) is 17.4 Å². The van der Waals surface area contributed by atoms with Crippen molar-refractivity contribution in [1.82, 2.24) is 4.90 Å². The maximum absolute atomic E-state index is 15.0. The van der Waals surface area contributed by atoms with E-state index in [2.05, 4.69) is 4.90 Å². The van der Waals surface area contributed by atoms with Gasteiger partial charge >= 0.3 is 12.1 Å². The lowest BCUT2D eigenvalue weighted by molar-refractivity contribution is -0.601. The Balaban J connectivity index is 1.24. The van der Waals surface area contributed by atoms with Gasteiger partial charge in [-0.3, -0.25) is 4.90 Å². The number of hydrogen-bond donors (Lipinski definition) is 1. The van der Waals surface area contributed by atoms with Crippen LogP contribution in [0.4, 0.5) is 17.6 Å². The quantitative estimate of drug-likeness (QED) is 0.403. The summed E-state index contributed by atoms with van der Waals surface area (Å²) in [4.78, 5) is 14.7. The fourth-order valence-corrected chi connectivity index (χ4v) is 5.92. The maximum atomic E-state index is 15.0. The Kier molecular flexibility index (Phi) is 7.41. The molecule has 0 aromatic heterocycles. The minimum absolute atomic E-state index is 0.177. The van der Waals surface area contributed by atoms with E-state index in [4.69, 9.17) is 4.74 Å². The fraction of sp³-hybridized carbons (Fsp3) is 0.500. The van der Waals surface area contributed by atoms with Gasteiger partial charge in [0.15, 0.2) is 0 Å². The van der Waals surface area contributed by atoms with E-state index >= 15 is 0 Å². The Morgan fingerprint density at radius 2 is 1.76 bits per heavy atom. The summed E-state index contributed by atoms with van der Waals surface area (Å²) in [5, 5.41) is 12.0. The second-order valence-electron chi connectivity index (χ2n) is 10.0. The van der Waals surface area contributed by atoms with E-state index in [1.807, 2.05) is 0 Å². The number of nitrogens with zero attached hydrogens (tertiary/aromatic N) is 1. The number of nitrogens with one attached hydrogen (secondary N) is 1. The van der Waals surface area contributed by atoms with Gasteiger partial charge in [-0.1, -0.05) is 12.1 Å². The molecule has 2 aromatic rings. The Morgan fingerprint density at radius 3 is 2.38 bits per heavy atom. The highest BCUT2D eigenvalue weighted by Gasteiger charge is 2.38. The average Bonchev–Trinajstić information content (AvgIpc) is 3.77. The van der Waals surface area contributed by atoms with Gasteiger partial charge in [0.2, 0.25) is 11.0 Å². The van der Waals surface area contributed by atoms with Gasteiger partial charge in [0.05, 0.1) is 10.8 Å². The molecule has 37 heavy (non-hydrogen) atoms. The molecule has 1 aliphatic heterocycles. The standard InChI is InChI=1S/C26H28F4N2O4S/c27-23-13-17(20(16-5-6-16)14-21(23)25(33)32(34)37(35)19-7-8-19)15-31-11-9-18(10-12-31)36-24-4-2-1-3-22(24)26(28,29)30/h1-4,13-14,16,18-19,32H,5-12,15H2. The van der Waals surface area contributed by atoms with Gasteiger partial charge in [0, 0.05) is 19.6 Å². The Bertz CT molecular complexity index is 1190. The van der Waals surface area contributed by atoms with Gasteiger partial charge in [0.25, 0.3) is 0 Å². The zero-order valence-electron chi connectivity index (χ0n) is 20.1. The minimum atomic E-state index is -4.49. The summed E-state index contributed by atoms with van der Waals surface area (Å²) >= 11 is 0. The molecule has 200 valence electrons. The lowest BCUT2D eigenvalue weighted by Crippen LogP contribution is -3.10. The molecule has 6 nitrogen and oxygen atoms in total. The normalized spacial score (nSPS) is 21.0. The third kappa shape index (κ3) is 6.05. The molecule has 5 rings (SSSR count). The van der Waals surface area contributed by atoms with Gasteiger partial charge in [-0.15, -0.1) is 0 Å². The second kappa shape index (κ2) is 10.4. The molecule has 2 atom stereocenters. The maximum Gasteiger partial charge on any atom is 0.419 e. The number of hydrogen-bond acceptors (Lipinski definition) is 5. The van der Waals surface area contributed by atoms with Gasteiger partial charge in [-0.05, 0) is 79.8 Å². The van der Waals surface area contributed by atoms with Crippen LogP contribution in [0.15, 0.2) is 36.4 Å². The second-order valence-corrected chi connectivity index (χ2v) is 11.6. The molecule has 11 heteroatoms. The topological polar surface area (TPSA) is 74.1 Å². The third-order valence-corrected chi connectivity index (χ3v) is 8.73. The van der Waals surface area contributed by atoms with Crippen molar-refractivity contribution in [3.63, 3.8) is 0 Å². The molecular weight excluding hydrogens is 512 g/mol.